The van der Waals surface area contributed by atoms with Crippen molar-refractivity contribution in [2.24, 2.45) is 0 Å². The lowest BCUT2D eigenvalue weighted by molar-refractivity contribution is 0.346. The van der Waals surface area contributed by atoms with E-state index in [-0.39, 0.29) is 6.04 Å². The van der Waals surface area contributed by atoms with E-state index in [1.807, 2.05) is 14.0 Å². The SMILES string of the molecule is CCN(CC)c1noc(C(C)NC)n1. The van der Waals surface area contributed by atoms with Crippen LogP contribution in [0.15, 0.2) is 4.52 Å². The van der Waals surface area contributed by atoms with Gasteiger partial charge in [-0.2, -0.15) is 4.98 Å². The minimum Gasteiger partial charge on any atom is -0.339 e. The number of hydrogen-bond donors (Lipinski definition) is 1. The van der Waals surface area contributed by atoms with Crippen LogP contribution in [0.25, 0.3) is 0 Å². The molecule has 1 atom stereocenters. The highest BCUT2D eigenvalue weighted by Crippen LogP contribution is 2.13. The molecular weight excluding hydrogens is 180 g/mol. The maximum Gasteiger partial charge on any atom is 0.266 e. The third-order valence-electron chi connectivity index (χ3n) is 2.28. The Morgan fingerprint density at radius 3 is 2.57 bits per heavy atom. The third-order valence-corrected chi connectivity index (χ3v) is 2.28. The molecule has 5 heteroatoms. The van der Waals surface area contributed by atoms with Gasteiger partial charge in [0.1, 0.15) is 0 Å². The second-order valence-electron chi connectivity index (χ2n) is 3.12. The van der Waals surface area contributed by atoms with Crippen LogP contribution in [0.2, 0.25) is 0 Å². The molecule has 0 aliphatic carbocycles. The van der Waals surface area contributed by atoms with Gasteiger partial charge in [-0.15, -0.1) is 0 Å². The Balaban J connectivity index is 2.76. The molecule has 0 bridgehead atoms. The quantitative estimate of drug-likeness (QED) is 0.770. The molecule has 0 aromatic carbocycles. The lowest BCUT2D eigenvalue weighted by Gasteiger charge is -2.14. The zero-order chi connectivity index (χ0) is 10.6. The van der Waals surface area contributed by atoms with Crippen molar-refractivity contribution in [1.29, 1.82) is 0 Å². The Morgan fingerprint density at radius 2 is 2.07 bits per heavy atom. The van der Waals surface area contributed by atoms with Crippen molar-refractivity contribution in [3.8, 4) is 0 Å². The molecule has 14 heavy (non-hydrogen) atoms. The summed E-state index contributed by atoms with van der Waals surface area (Å²) in [5.41, 5.74) is 0. The Morgan fingerprint density at radius 1 is 1.43 bits per heavy atom. The van der Waals surface area contributed by atoms with Crippen LogP contribution < -0.4 is 10.2 Å². The summed E-state index contributed by atoms with van der Waals surface area (Å²) in [5, 5.41) is 6.98. The largest absolute Gasteiger partial charge is 0.339 e. The van der Waals surface area contributed by atoms with Crippen molar-refractivity contribution in [3.63, 3.8) is 0 Å². The van der Waals surface area contributed by atoms with Crippen LogP contribution in [0, 0.1) is 0 Å². The summed E-state index contributed by atoms with van der Waals surface area (Å²) in [7, 11) is 1.87. The highest BCUT2D eigenvalue weighted by Gasteiger charge is 2.14. The van der Waals surface area contributed by atoms with Gasteiger partial charge in [0.15, 0.2) is 0 Å². The van der Waals surface area contributed by atoms with E-state index in [1.54, 1.807) is 0 Å². The summed E-state index contributed by atoms with van der Waals surface area (Å²) >= 11 is 0. The van der Waals surface area contributed by atoms with Gasteiger partial charge in [-0.3, -0.25) is 0 Å². The fourth-order valence-electron chi connectivity index (χ4n) is 1.16. The van der Waals surface area contributed by atoms with Crippen molar-refractivity contribution < 1.29 is 4.52 Å². The maximum absolute atomic E-state index is 5.14. The van der Waals surface area contributed by atoms with E-state index in [2.05, 4.69) is 34.2 Å². The summed E-state index contributed by atoms with van der Waals surface area (Å²) in [5.74, 6) is 1.31. The molecule has 0 spiro atoms. The molecule has 1 aromatic rings. The van der Waals surface area contributed by atoms with Crippen LogP contribution in [0.5, 0.6) is 0 Å². The molecule has 1 rings (SSSR count). The summed E-state index contributed by atoms with van der Waals surface area (Å²) in [6.07, 6.45) is 0. The van der Waals surface area contributed by atoms with Crippen LogP contribution in [0.1, 0.15) is 32.7 Å². The molecule has 1 unspecified atom stereocenters. The first kappa shape index (κ1) is 11.0. The van der Waals surface area contributed by atoms with E-state index in [4.69, 9.17) is 4.52 Å². The zero-order valence-electron chi connectivity index (χ0n) is 9.24. The monoisotopic (exact) mass is 198 g/mol. The van der Waals surface area contributed by atoms with Gasteiger partial charge in [0.2, 0.25) is 5.89 Å². The number of aromatic nitrogens is 2. The molecule has 80 valence electrons. The van der Waals surface area contributed by atoms with E-state index in [0.717, 1.165) is 13.1 Å². The highest BCUT2D eigenvalue weighted by molar-refractivity contribution is 5.26. The number of rotatable bonds is 5. The Bertz CT molecular complexity index is 270. The Hall–Kier alpha value is -1.10. The Labute approximate surface area is 84.5 Å². The van der Waals surface area contributed by atoms with Crippen LogP contribution in [0.3, 0.4) is 0 Å². The first-order valence-electron chi connectivity index (χ1n) is 4.98. The second-order valence-corrected chi connectivity index (χ2v) is 3.12. The molecule has 5 nitrogen and oxygen atoms in total. The third kappa shape index (κ3) is 2.23. The van der Waals surface area contributed by atoms with Gasteiger partial charge in [-0.25, -0.2) is 0 Å². The van der Waals surface area contributed by atoms with Crippen LogP contribution in [-0.4, -0.2) is 30.3 Å². The van der Waals surface area contributed by atoms with E-state index in [0.29, 0.717) is 11.8 Å². The summed E-state index contributed by atoms with van der Waals surface area (Å²) < 4.78 is 5.14. The zero-order valence-corrected chi connectivity index (χ0v) is 9.24. The van der Waals surface area contributed by atoms with E-state index in [1.165, 1.54) is 0 Å². The van der Waals surface area contributed by atoms with Gasteiger partial charge in [-0.05, 0) is 33.0 Å². The molecule has 0 aliphatic heterocycles. The second kappa shape index (κ2) is 4.95. The molecule has 0 fully saturated rings. The first-order valence-corrected chi connectivity index (χ1v) is 4.98. The molecule has 1 aromatic heterocycles. The molecule has 0 aliphatic rings. The van der Waals surface area contributed by atoms with Crippen molar-refractivity contribution in [2.75, 3.05) is 25.0 Å². The van der Waals surface area contributed by atoms with Gasteiger partial charge >= 0.3 is 0 Å². The summed E-state index contributed by atoms with van der Waals surface area (Å²) in [4.78, 5) is 6.36. The minimum atomic E-state index is 0.104. The van der Waals surface area contributed by atoms with Crippen molar-refractivity contribution in [1.82, 2.24) is 15.5 Å². The maximum atomic E-state index is 5.14. The number of nitrogens with zero attached hydrogens (tertiary/aromatic N) is 3. The number of nitrogens with one attached hydrogen (secondary N) is 1. The lowest BCUT2D eigenvalue weighted by atomic mass is 10.3. The van der Waals surface area contributed by atoms with Crippen LogP contribution in [-0.2, 0) is 0 Å². The fraction of sp³-hybridized carbons (Fsp3) is 0.778. The predicted octanol–water partition coefficient (Wildman–Crippen LogP) is 1.20. The van der Waals surface area contributed by atoms with Gasteiger partial charge in [0.25, 0.3) is 5.95 Å². The van der Waals surface area contributed by atoms with Gasteiger partial charge in [0, 0.05) is 13.1 Å². The average Bonchev–Trinajstić information content (AvgIpc) is 2.68. The van der Waals surface area contributed by atoms with Gasteiger partial charge in [0.05, 0.1) is 6.04 Å². The predicted molar refractivity (Wildman–Crippen MR) is 55.3 cm³/mol. The average molecular weight is 198 g/mol. The van der Waals surface area contributed by atoms with E-state index in [9.17, 15) is 0 Å². The Kier molecular flexibility index (Phi) is 3.88. The topological polar surface area (TPSA) is 54.2 Å². The number of hydrogen-bond acceptors (Lipinski definition) is 5. The van der Waals surface area contributed by atoms with Crippen molar-refractivity contribution in [3.05, 3.63) is 5.89 Å². The van der Waals surface area contributed by atoms with Gasteiger partial charge in [-0.1, -0.05) is 0 Å². The molecule has 1 N–H and O–H groups in total. The molecule has 0 amide bonds. The smallest absolute Gasteiger partial charge is 0.266 e. The van der Waals surface area contributed by atoms with Crippen molar-refractivity contribution >= 4 is 5.95 Å². The minimum absolute atomic E-state index is 0.104. The highest BCUT2D eigenvalue weighted by atomic mass is 16.5. The van der Waals surface area contributed by atoms with Crippen LogP contribution >= 0.6 is 0 Å². The van der Waals surface area contributed by atoms with Crippen LogP contribution in [0.4, 0.5) is 5.95 Å². The molecule has 1 heterocycles. The first-order chi connectivity index (χ1) is 6.72. The molecule has 0 saturated heterocycles. The van der Waals surface area contributed by atoms with E-state index < -0.39 is 0 Å². The molecule has 0 radical (unpaired) electrons. The summed E-state index contributed by atoms with van der Waals surface area (Å²) in [6, 6.07) is 0.104. The lowest BCUT2D eigenvalue weighted by Crippen LogP contribution is -2.23. The number of anilines is 1. The molecule has 0 saturated carbocycles. The standard InChI is InChI=1S/C9H18N4O/c1-5-13(6-2)9-11-8(14-12-9)7(3)10-4/h7,10H,5-6H2,1-4H3. The summed E-state index contributed by atoms with van der Waals surface area (Å²) in [6.45, 7) is 7.91. The van der Waals surface area contributed by atoms with Crippen molar-refractivity contribution in [2.45, 2.75) is 26.8 Å². The van der Waals surface area contributed by atoms with E-state index >= 15 is 0 Å². The normalized spacial score (nSPS) is 12.9. The molecular formula is C9H18N4O. The van der Waals surface area contributed by atoms with Gasteiger partial charge < -0.3 is 14.7 Å². The fourth-order valence-corrected chi connectivity index (χ4v) is 1.16.